The Bertz CT molecular complexity index is 428. The van der Waals surface area contributed by atoms with Crippen LogP contribution < -0.4 is 10.5 Å². The Morgan fingerprint density at radius 2 is 2.10 bits per heavy atom. The highest BCUT2D eigenvalue weighted by Gasteiger charge is 2.40. The van der Waals surface area contributed by atoms with Crippen molar-refractivity contribution in [1.29, 1.82) is 0 Å². The molecule has 4 nitrogen and oxygen atoms in total. The van der Waals surface area contributed by atoms with Gasteiger partial charge in [-0.05, 0) is 50.2 Å². The lowest BCUT2D eigenvalue weighted by Gasteiger charge is -2.42. The van der Waals surface area contributed by atoms with Crippen LogP contribution in [-0.2, 0) is 4.74 Å². The maximum absolute atomic E-state index is 6.51. The quantitative estimate of drug-likeness (QED) is 0.899. The normalized spacial score (nSPS) is 28.1. The van der Waals surface area contributed by atoms with Crippen molar-refractivity contribution < 1.29 is 9.47 Å². The molecule has 1 aliphatic rings. The number of methoxy groups -OCH3 is 1. The predicted molar refractivity (Wildman–Crippen MR) is 79.7 cm³/mol. The largest absolute Gasteiger partial charge is 0.492 e. The van der Waals surface area contributed by atoms with E-state index < -0.39 is 0 Å². The predicted octanol–water partition coefficient (Wildman–Crippen LogP) is 3.08. The molecule has 0 aliphatic heterocycles. The Balaban J connectivity index is 2.19. The molecule has 1 aromatic rings. The zero-order valence-electron chi connectivity index (χ0n) is 12.8. The summed E-state index contributed by atoms with van der Waals surface area (Å²) < 4.78 is 11.4. The van der Waals surface area contributed by atoms with Crippen LogP contribution in [0.15, 0.2) is 18.5 Å². The van der Waals surface area contributed by atoms with E-state index in [0.29, 0.717) is 6.61 Å². The molecule has 0 spiro atoms. The Labute approximate surface area is 121 Å². The van der Waals surface area contributed by atoms with Gasteiger partial charge in [-0.25, -0.2) is 0 Å². The molecule has 1 aromatic heterocycles. The number of pyridine rings is 1. The number of hydrogen-bond acceptors (Lipinski definition) is 4. The zero-order valence-corrected chi connectivity index (χ0v) is 12.8. The van der Waals surface area contributed by atoms with E-state index in [1.54, 1.807) is 13.3 Å². The highest BCUT2D eigenvalue weighted by Crippen LogP contribution is 2.41. The molecule has 20 heavy (non-hydrogen) atoms. The average molecular weight is 278 g/mol. The number of aromatic nitrogens is 1. The Morgan fingerprint density at radius 3 is 2.70 bits per heavy atom. The van der Waals surface area contributed by atoms with Crippen LogP contribution in [-0.4, -0.2) is 24.3 Å². The van der Waals surface area contributed by atoms with Crippen molar-refractivity contribution in [2.75, 3.05) is 13.7 Å². The molecule has 0 aromatic carbocycles. The zero-order chi connectivity index (χ0) is 14.6. The first kappa shape index (κ1) is 15.3. The summed E-state index contributed by atoms with van der Waals surface area (Å²) in [5.41, 5.74) is 7.23. The molecule has 1 atom stereocenters. The summed E-state index contributed by atoms with van der Waals surface area (Å²) in [6.07, 6.45) is 7.89. The van der Waals surface area contributed by atoms with Crippen molar-refractivity contribution in [3.8, 4) is 5.75 Å². The molecule has 1 saturated carbocycles. The van der Waals surface area contributed by atoms with Crippen molar-refractivity contribution in [1.82, 2.24) is 4.98 Å². The lowest BCUT2D eigenvalue weighted by atomic mass is 9.74. The van der Waals surface area contributed by atoms with Crippen LogP contribution in [0.3, 0.4) is 0 Å². The molecular formula is C16H26N2O2. The van der Waals surface area contributed by atoms with Gasteiger partial charge in [0.05, 0.1) is 24.4 Å². The van der Waals surface area contributed by atoms with Gasteiger partial charge in [0.25, 0.3) is 0 Å². The molecule has 1 heterocycles. The fourth-order valence-corrected chi connectivity index (χ4v) is 3.05. The van der Waals surface area contributed by atoms with Gasteiger partial charge in [0.1, 0.15) is 5.75 Å². The van der Waals surface area contributed by atoms with E-state index in [-0.39, 0.29) is 11.6 Å². The van der Waals surface area contributed by atoms with E-state index in [2.05, 4.69) is 11.9 Å². The number of hydrogen-bond donors (Lipinski definition) is 1. The summed E-state index contributed by atoms with van der Waals surface area (Å²) in [5.74, 6) is 1.54. The molecule has 2 rings (SSSR count). The molecule has 4 heteroatoms. The van der Waals surface area contributed by atoms with Gasteiger partial charge in [-0.1, -0.05) is 6.92 Å². The molecular weight excluding hydrogens is 252 g/mol. The third-order valence-corrected chi connectivity index (χ3v) is 4.50. The molecule has 1 fully saturated rings. The fourth-order valence-electron chi connectivity index (χ4n) is 3.05. The molecule has 1 unspecified atom stereocenters. The van der Waals surface area contributed by atoms with Gasteiger partial charge in [0.2, 0.25) is 0 Å². The van der Waals surface area contributed by atoms with Crippen LogP contribution in [0.1, 0.15) is 51.1 Å². The van der Waals surface area contributed by atoms with E-state index >= 15 is 0 Å². The van der Waals surface area contributed by atoms with Gasteiger partial charge in [-0.15, -0.1) is 0 Å². The molecule has 0 bridgehead atoms. The third kappa shape index (κ3) is 3.13. The molecule has 0 saturated heterocycles. The van der Waals surface area contributed by atoms with E-state index in [1.165, 1.54) is 12.8 Å². The highest BCUT2D eigenvalue weighted by molar-refractivity contribution is 5.28. The van der Waals surface area contributed by atoms with Gasteiger partial charge in [-0.3, -0.25) is 4.98 Å². The fraction of sp³-hybridized carbons (Fsp3) is 0.688. The van der Waals surface area contributed by atoms with Crippen LogP contribution in [0, 0.1) is 5.92 Å². The minimum Gasteiger partial charge on any atom is -0.492 e. The maximum atomic E-state index is 6.51. The van der Waals surface area contributed by atoms with Crippen LogP contribution in [0.4, 0.5) is 0 Å². The highest BCUT2D eigenvalue weighted by atomic mass is 16.5. The molecule has 0 radical (unpaired) electrons. The van der Waals surface area contributed by atoms with Gasteiger partial charge >= 0.3 is 0 Å². The van der Waals surface area contributed by atoms with Gasteiger partial charge in [0, 0.05) is 13.3 Å². The smallest absolute Gasteiger partial charge is 0.137 e. The first-order chi connectivity index (χ1) is 9.61. The second kappa shape index (κ2) is 6.55. The summed E-state index contributed by atoms with van der Waals surface area (Å²) in [6, 6.07) is 1.83. The lowest BCUT2D eigenvalue weighted by Crippen LogP contribution is -2.45. The van der Waals surface area contributed by atoms with E-state index in [9.17, 15) is 0 Å². The second-order valence-electron chi connectivity index (χ2n) is 5.82. The lowest BCUT2D eigenvalue weighted by molar-refractivity contribution is -0.0673. The SMILES string of the molecule is CCOc1cncc(C(N)C2(OC)CCC(C)CC2)c1. The van der Waals surface area contributed by atoms with E-state index in [0.717, 1.165) is 30.1 Å². The number of rotatable bonds is 5. The maximum Gasteiger partial charge on any atom is 0.137 e. The molecule has 0 amide bonds. The monoisotopic (exact) mass is 278 g/mol. The van der Waals surface area contributed by atoms with Crippen molar-refractivity contribution in [2.24, 2.45) is 11.7 Å². The van der Waals surface area contributed by atoms with Gasteiger partial charge < -0.3 is 15.2 Å². The average Bonchev–Trinajstić information content (AvgIpc) is 2.48. The first-order valence-corrected chi connectivity index (χ1v) is 7.50. The third-order valence-electron chi connectivity index (χ3n) is 4.50. The Kier molecular flexibility index (Phi) is 5.00. The summed E-state index contributed by atoms with van der Waals surface area (Å²) in [7, 11) is 1.77. The molecule has 1 aliphatic carbocycles. The van der Waals surface area contributed by atoms with Crippen LogP contribution in [0.5, 0.6) is 5.75 Å². The second-order valence-corrected chi connectivity index (χ2v) is 5.82. The van der Waals surface area contributed by atoms with Crippen molar-refractivity contribution in [3.63, 3.8) is 0 Å². The number of nitrogens with two attached hydrogens (primary N) is 1. The minimum absolute atomic E-state index is 0.159. The first-order valence-electron chi connectivity index (χ1n) is 7.50. The van der Waals surface area contributed by atoms with Gasteiger partial charge in [0.15, 0.2) is 0 Å². The van der Waals surface area contributed by atoms with Crippen molar-refractivity contribution >= 4 is 0 Å². The summed E-state index contributed by atoms with van der Waals surface area (Å²) in [4.78, 5) is 4.24. The number of nitrogens with zero attached hydrogens (tertiary/aromatic N) is 1. The Morgan fingerprint density at radius 1 is 1.40 bits per heavy atom. The van der Waals surface area contributed by atoms with Crippen LogP contribution in [0.25, 0.3) is 0 Å². The Hall–Kier alpha value is -1.13. The van der Waals surface area contributed by atoms with Crippen LogP contribution in [0.2, 0.25) is 0 Å². The van der Waals surface area contributed by atoms with Gasteiger partial charge in [-0.2, -0.15) is 0 Å². The summed E-state index contributed by atoms with van der Waals surface area (Å²) in [6.45, 7) is 4.89. The summed E-state index contributed by atoms with van der Waals surface area (Å²) in [5, 5.41) is 0. The number of ether oxygens (including phenoxy) is 2. The van der Waals surface area contributed by atoms with E-state index in [4.69, 9.17) is 15.2 Å². The summed E-state index contributed by atoms with van der Waals surface area (Å²) >= 11 is 0. The van der Waals surface area contributed by atoms with Crippen LogP contribution >= 0.6 is 0 Å². The topological polar surface area (TPSA) is 57.4 Å². The minimum atomic E-state index is -0.265. The van der Waals surface area contributed by atoms with Crippen molar-refractivity contribution in [2.45, 2.75) is 51.2 Å². The standard InChI is InChI=1S/C16H26N2O2/c1-4-20-14-9-13(10-18-11-14)15(17)16(19-3)7-5-12(2)6-8-16/h9-12,15H,4-8,17H2,1-3H3. The van der Waals surface area contributed by atoms with Crippen molar-refractivity contribution in [3.05, 3.63) is 24.0 Å². The van der Waals surface area contributed by atoms with E-state index in [1.807, 2.05) is 19.2 Å². The molecule has 2 N–H and O–H groups in total. The molecule has 112 valence electrons.